The average Bonchev–Trinajstić information content (AvgIpc) is 3.32. The molecule has 1 aliphatic heterocycles. The number of allylic oxidation sites excluding steroid dienone is 4. The van der Waals surface area contributed by atoms with Gasteiger partial charge in [0.2, 0.25) is 5.76 Å². The molecule has 0 saturated carbocycles. The summed E-state index contributed by atoms with van der Waals surface area (Å²) in [5.74, 6) is 0.596. The van der Waals surface area contributed by atoms with E-state index in [9.17, 15) is 8.78 Å². The summed E-state index contributed by atoms with van der Waals surface area (Å²) >= 11 is 1.37. The summed E-state index contributed by atoms with van der Waals surface area (Å²) in [4.78, 5) is 0. The number of benzene rings is 2. The first kappa shape index (κ1) is 21.2. The van der Waals surface area contributed by atoms with E-state index in [0.717, 1.165) is 35.6 Å². The predicted molar refractivity (Wildman–Crippen MR) is 120 cm³/mol. The van der Waals surface area contributed by atoms with Crippen molar-refractivity contribution in [1.82, 2.24) is 10.2 Å². The minimum atomic E-state index is -0.603. The van der Waals surface area contributed by atoms with Crippen LogP contribution >= 0.6 is 11.8 Å². The molecule has 8 heteroatoms. The molecule has 0 N–H and O–H groups in total. The molecular formula is C25H18F2N2O3S. The van der Waals surface area contributed by atoms with Gasteiger partial charge in [-0.3, -0.25) is 0 Å². The molecule has 2 heterocycles. The second-order valence-corrected chi connectivity index (χ2v) is 8.30. The molecule has 0 spiro atoms. The number of aromatic nitrogens is 2. The third kappa shape index (κ3) is 5.06. The van der Waals surface area contributed by atoms with E-state index in [1.165, 1.54) is 30.2 Å². The Morgan fingerprint density at radius 2 is 1.70 bits per heavy atom. The van der Waals surface area contributed by atoms with Gasteiger partial charge in [0.25, 0.3) is 11.1 Å². The summed E-state index contributed by atoms with van der Waals surface area (Å²) in [5.41, 5.74) is 3.27. The van der Waals surface area contributed by atoms with Crippen LogP contribution in [0.15, 0.2) is 94.2 Å². The van der Waals surface area contributed by atoms with Crippen LogP contribution in [0.3, 0.4) is 0 Å². The lowest BCUT2D eigenvalue weighted by Gasteiger charge is -2.17. The molecule has 0 unspecified atom stereocenters. The number of hydrogen-bond acceptors (Lipinski definition) is 6. The van der Waals surface area contributed by atoms with Crippen molar-refractivity contribution in [2.24, 2.45) is 0 Å². The number of thioether (sulfide) groups is 1. The van der Waals surface area contributed by atoms with Crippen molar-refractivity contribution in [1.29, 1.82) is 0 Å². The van der Waals surface area contributed by atoms with E-state index in [1.54, 1.807) is 6.26 Å². The Morgan fingerprint density at radius 3 is 2.45 bits per heavy atom. The third-order valence-corrected chi connectivity index (χ3v) is 5.92. The molecule has 1 aromatic heterocycles. The van der Waals surface area contributed by atoms with Crippen LogP contribution in [0.4, 0.5) is 8.78 Å². The second kappa shape index (κ2) is 9.46. The van der Waals surface area contributed by atoms with Crippen LogP contribution < -0.4 is 0 Å². The van der Waals surface area contributed by atoms with E-state index in [2.05, 4.69) is 16.3 Å². The van der Waals surface area contributed by atoms with E-state index in [4.69, 9.17) is 13.9 Å². The van der Waals surface area contributed by atoms with Gasteiger partial charge in [0.15, 0.2) is 5.76 Å². The molecule has 0 bridgehead atoms. The molecule has 0 amide bonds. The van der Waals surface area contributed by atoms with Crippen molar-refractivity contribution < 1.29 is 22.7 Å². The Bertz CT molecular complexity index is 1270. The van der Waals surface area contributed by atoms with Crippen molar-refractivity contribution in [2.75, 3.05) is 0 Å². The molecule has 5 nitrogen and oxygen atoms in total. The number of ether oxygens (including phenoxy) is 2. The summed E-state index contributed by atoms with van der Waals surface area (Å²) in [6, 6.07) is 10.9. The maximum absolute atomic E-state index is 13.5. The number of halogens is 2. The van der Waals surface area contributed by atoms with E-state index >= 15 is 0 Å². The Kier molecular flexibility index (Phi) is 6.08. The van der Waals surface area contributed by atoms with Gasteiger partial charge < -0.3 is 13.9 Å². The van der Waals surface area contributed by atoms with Crippen LogP contribution in [0.2, 0.25) is 0 Å². The van der Waals surface area contributed by atoms with Crippen molar-refractivity contribution in [3.63, 3.8) is 0 Å². The highest BCUT2D eigenvalue weighted by Gasteiger charge is 2.21. The first-order valence-corrected chi connectivity index (χ1v) is 11.2. The summed E-state index contributed by atoms with van der Waals surface area (Å²) < 4.78 is 43.9. The van der Waals surface area contributed by atoms with Crippen molar-refractivity contribution >= 4 is 17.5 Å². The SMILES string of the molecule is Fc1cc(F)cc(-c2ccc(CSc3nnc(C4=COC=C(C5=CC=CCC5)O4)o3)cc2)c1. The van der Waals surface area contributed by atoms with E-state index in [0.29, 0.717) is 28.1 Å². The van der Waals surface area contributed by atoms with Gasteiger partial charge >= 0.3 is 0 Å². The lowest BCUT2D eigenvalue weighted by Crippen LogP contribution is -2.03. The minimum Gasteiger partial charge on any atom is -0.465 e. The molecule has 33 heavy (non-hydrogen) atoms. The molecule has 3 aromatic rings. The summed E-state index contributed by atoms with van der Waals surface area (Å²) in [5, 5.41) is 8.52. The fraction of sp³-hybridized carbons (Fsp3) is 0.120. The lowest BCUT2D eigenvalue weighted by atomic mass is 10.0. The Hall–Kier alpha value is -3.65. The molecule has 2 aliphatic rings. The van der Waals surface area contributed by atoms with Crippen LogP contribution in [0.5, 0.6) is 0 Å². The maximum Gasteiger partial charge on any atom is 0.287 e. The second-order valence-electron chi connectivity index (χ2n) is 7.38. The summed E-state index contributed by atoms with van der Waals surface area (Å²) in [6.07, 6.45) is 10.9. The first-order valence-electron chi connectivity index (χ1n) is 10.3. The molecule has 0 fully saturated rings. The molecular weight excluding hydrogens is 446 g/mol. The Morgan fingerprint density at radius 1 is 0.909 bits per heavy atom. The van der Waals surface area contributed by atoms with Crippen molar-refractivity contribution in [3.8, 4) is 11.1 Å². The van der Waals surface area contributed by atoms with Gasteiger partial charge in [-0.2, -0.15) is 0 Å². The zero-order chi connectivity index (χ0) is 22.6. The molecule has 0 atom stereocenters. The van der Waals surface area contributed by atoms with Gasteiger partial charge in [0.1, 0.15) is 24.2 Å². The van der Waals surface area contributed by atoms with Gasteiger partial charge in [-0.15, -0.1) is 10.2 Å². The standard InChI is InChI=1S/C25H18F2N2O3S/c26-20-10-19(11-21(27)12-20)17-8-6-16(7-9-17)15-33-25-29-28-24(32-25)23-14-30-13-22(31-23)18-4-2-1-3-5-18/h1-2,4,6-14H,3,5,15H2. The van der Waals surface area contributed by atoms with Crippen LogP contribution in [0.1, 0.15) is 24.3 Å². The normalized spacial score (nSPS) is 15.3. The van der Waals surface area contributed by atoms with Crippen LogP contribution in [0.25, 0.3) is 16.9 Å². The highest BCUT2D eigenvalue weighted by atomic mass is 32.2. The highest BCUT2D eigenvalue weighted by molar-refractivity contribution is 7.98. The van der Waals surface area contributed by atoms with Gasteiger partial charge in [0.05, 0.1) is 0 Å². The largest absolute Gasteiger partial charge is 0.465 e. The minimum absolute atomic E-state index is 0.235. The quantitative estimate of drug-likeness (QED) is 0.375. The fourth-order valence-corrected chi connectivity index (χ4v) is 4.11. The van der Waals surface area contributed by atoms with E-state index in [-0.39, 0.29) is 5.89 Å². The third-order valence-electron chi connectivity index (χ3n) is 5.03. The van der Waals surface area contributed by atoms with Crippen LogP contribution in [0, 0.1) is 11.6 Å². The molecule has 0 saturated heterocycles. The number of rotatable bonds is 6. The maximum atomic E-state index is 13.5. The molecule has 2 aromatic carbocycles. The van der Waals surface area contributed by atoms with Crippen LogP contribution in [-0.2, 0) is 15.2 Å². The molecule has 0 radical (unpaired) electrons. The number of hydrogen-bond donors (Lipinski definition) is 0. The van der Waals surface area contributed by atoms with Gasteiger partial charge in [-0.1, -0.05) is 54.3 Å². The first-order chi connectivity index (χ1) is 16.1. The van der Waals surface area contributed by atoms with Crippen molar-refractivity contribution in [3.05, 3.63) is 108 Å². The van der Waals surface area contributed by atoms with E-state index in [1.807, 2.05) is 36.4 Å². The topological polar surface area (TPSA) is 57.4 Å². The zero-order valence-corrected chi connectivity index (χ0v) is 18.1. The van der Waals surface area contributed by atoms with Crippen molar-refractivity contribution in [2.45, 2.75) is 23.8 Å². The summed E-state index contributed by atoms with van der Waals surface area (Å²) in [7, 11) is 0. The van der Waals surface area contributed by atoms with Gasteiger partial charge in [-0.25, -0.2) is 8.78 Å². The van der Waals surface area contributed by atoms with Crippen LogP contribution in [-0.4, -0.2) is 10.2 Å². The smallest absolute Gasteiger partial charge is 0.287 e. The monoisotopic (exact) mass is 464 g/mol. The zero-order valence-electron chi connectivity index (χ0n) is 17.3. The summed E-state index contributed by atoms with van der Waals surface area (Å²) in [6.45, 7) is 0. The molecule has 166 valence electrons. The molecule has 1 aliphatic carbocycles. The van der Waals surface area contributed by atoms with Gasteiger partial charge in [-0.05, 0) is 47.2 Å². The Balaban J connectivity index is 1.20. The van der Waals surface area contributed by atoms with Gasteiger partial charge in [0, 0.05) is 11.8 Å². The lowest BCUT2D eigenvalue weighted by molar-refractivity contribution is 0.271. The predicted octanol–water partition coefficient (Wildman–Crippen LogP) is 6.77. The number of nitrogens with zero attached hydrogens (tertiary/aromatic N) is 2. The van der Waals surface area contributed by atoms with E-state index < -0.39 is 11.6 Å². The molecule has 5 rings (SSSR count). The average molecular weight is 464 g/mol. The fourth-order valence-electron chi connectivity index (χ4n) is 3.39. The highest BCUT2D eigenvalue weighted by Crippen LogP contribution is 2.31. The Labute approximate surface area is 193 Å².